The van der Waals surface area contributed by atoms with Gasteiger partial charge in [0.1, 0.15) is 11.5 Å². The third-order valence-corrected chi connectivity index (χ3v) is 5.27. The largest absolute Gasteiger partial charge is 0.453 e. The van der Waals surface area contributed by atoms with Crippen LogP contribution in [0.3, 0.4) is 0 Å². The summed E-state index contributed by atoms with van der Waals surface area (Å²) in [6.45, 7) is 8.68. The van der Waals surface area contributed by atoms with Gasteiger partial charge in [0, 0.05) is 46.9 Å². The van der Waals surface area contributed by atoms with Crippen LogP contribution in [-0.2, 0) is 10.2 Å². The number of aromatic nitrogens is 5. The van der Waals surface area contributed by atoms with Crippen molar-refractivity contribution >= 4 is 22.9 Å². The number of hydrogen-bond donors (Lipinski definition) is 4. The molecule has 172 valence electrons. The van der Waals surface area contributed by atoms with Crippen LogP contribution in [-0.4, -0.2) is 50.7 Å². The standard InChI is InChI=1S/C24H29N7O2/c1-14(28-23(32)33-5)13-27-22-26-11-9-18(29-22)20-19(30-21(31-20)24(2,3)4)16-6-7-17-15(12-16)8-10-25-17/h6-12,14,25H,13H2,1-5H3,(H,28,32)(H,30,31)(H,26,27,29). The lowest BCUT2D eigenvalue weighted by molar-refractivity contribution is 0.168. The van der Waals surface area contributed by atoms with Gasteiger partial charge in [-0.25, -0.2) is 19.7 Å². The number of imidazole rings is 1. The average Bonchev–Trinajstić information content (AvgIpc) is 3.44. The zero-order valence-electron chi connectivity index (χ0n) is 19.5. The predicted molar refractivity (Wildman–Crippen MR) is 129 cm³/mol. The smallest absolute Gasteiger partial charge is 0.407 e. The average molecular weight is 448 g/mol. The number of amides is 1. The second-order valence-corrected chi connectivity index (χ2v) is 9.02. The number of benzene rings is 1. The molecule has 0 aliphatic rings. The summed E-state index contributed by atoms with van der Waals surface area (Å²) in [6, 6.07) is 10.0. The number of methoxy groups -OCH3 is 1. The van der Waals surface area contributed by atoms with E-state index in [0.29, 0.717) is 18.2 Å². The van der Waals surface area contributed by atoms with Gasteiger partial charge in [0.2, 0.25) is 5.95 Å². The number of nitrogens with zero attached hydrogens (tertiary/aromatic N) is 3. The van der Waals surface area contributed by atoms with Gasteiger partial charge in [-0.3, -0.25) is 0 Å². The minimum absolute atomic E-state index is 0.158. The Morgan fingerprint density at radius 2 is 2.00 bits per heavy atom. The summed E-state index contributed by atoms with van der Waals surface area (Å²) in [5, 5.41) is 7.00. The zero-order valence-corrected chi connectivity index (χ0v) is 19.5. The Hall–Kier alpha value is -3.88. The molecule has 0 saturated carbocycles. The van der Waals surface area contributed by atoms with Crippen LogP contribution in [0.5, 0.6) is 0 Å². The minimum Gasteiger partial charge on any atom is -0.453 e. The SMILES string of the molecule is COC(=O)NC(C)CNc1nccc(-c2nc(C(C)(C)C)[nH]c2-c2ccc3[nH]ccc3c2)n1. The summed E-state index contributed by atoms with van der Waals surface area (Å²) >= 11 is 0. The van der Waals surface area contributed by atoms with E-state index < -0.39 is 6.09 Å². The lowest BCUT2D eigenvalue weighted by atomic mass is 9.96. The minimum atomic E-state index is -0.478. The monoisotopic (exact) mass is 447 g/mol. The van der Waals surface area contributed by atoms with Crippen molar-refractivity contribution in [3.05, 3.63) is 48.5 Å². The summed E-state index contributed by atoms with van der Waals surface area (Å²) in [7, 11) is 1.34. The Bertz CT molecular complexity index is 1270. The van der Waals surface area contributed by atoms with Crippen molar-refractivity contribution in [2.45, 2.75) is 39.2 Å². The number of fused-ring (bicyclic) bond motifs is 1. The molecule has 4 aromatic rings. The molecule has 9 heteroatoms. The highest BCUT2D eigenvalue weighted by Gasteiger charge is 2.23. The number of anilines is 1. The summed E-state index contributed by atoms with van der Waals surface area (Å²) < 4.78 is 4.63. The Labute approximate surface area is 192 Å². The Kier molecular flexibility index (Phi) is 6.04. The maximum atomic E-state index is 11.4. The van der Waals surface area contributed by atoms with Crippen LogP contribution >= 0.6 is 0 Å². The van der Waals surface area contributed by atoms with Crippen molar-refractivity contribution in [2.24, 2.45) is 0 Å². The van der Waals surface area contributed by atoms with Gasteiger partial charge >= 0.3 is 6.09 Å². The molecular formula is C24H29N7O2. The predicted octanol–water partition coefficient (Wildman–Crippen LogP) is 4.47. The van der Waals surface area contributed by atoms with E-state index in [2.05, 4.69) is 75.4 Å². The number of alkyl carbamates (subject to hydrolysis) is 1. The highest BCUT2D eigenvalue weighted by molar-refractivity contribution is 5.87. The molecule has 1 amide bonds. The quantitative estimate of drug-likeness (QED) is 0.346. The van der Waals surface area contributed by atoms with Crippen LogP contribution in [0.15, 0.2) is 42.7 Å². The van der Waals surface area contributed by atoms with Crippen molar-refractivity contribution in [3.63, 3.8) is 0 Å². The van der Waals surface area contributed by atoms with Crippen molar-refractivity contribution in [3.8, 4) is 22.6 Å². The van der Waals surface area contributed by atoms with Crippen LogP contribution in [0, 0.1) is 0 Å². The van der Waals surface area contributed by atoms with Crippen molar-refractivity contribution < 1.29 is 9.53 Å². The van der Waals surface area contributed by atoms with Crippen LogP contribution in [0.2, 0.25) is 0 Å². The third-order valence-electron chi connectivity index (χ3n) is 5.27. The Morgan fingerprint density at radius 1 is 1.18 bits per heavy atom. The van der Waals surface area contributed by atoms with E-state index in [1.165, 1.54) is 7.11 Å². The molecular weight excluding hydrogens is 418 g/mol. The van der Waals surface area contributed by atoms with Crippen molar-refractivity contribution in [1.82, 2.24) is 30.2 Å². The Morgan fingerprint density at radius 3 is 2.76 bits per heavy atom. The number of aromatic amines is 2. The molecule has 0 radical (unpaired) electrons. The fraction of sp³-hybridized carbons (Fsp3) is 0.333. The van der Waals surface area contributed by atoms with Gasteiger partial charge < -0.3 is 25.3 Å². The molecule has 3 heterocycles. The molecule has 1 unspecified atom stereocenters. The number of hydrogen-bond acceptors (Lipinski definition) is 6. The Balaban J connectivity index is 1.67. The number of H-pyrrole nitrogens is 2. The van der Waals surface area contributed by atoms with Crippen LogP contribution < -0.4 is 10.6 Å². The summed E-state index contributed by atoms with van der Waals surface area (Å²) in [4.78, 5) is 32.1. The summed E-state index contributed by atoms with van der Waals surface area (Å²) in [5.74, 6) is 1.34. The van der Waals surface area contributed by atoms with Crippen LogP contribution in [0.1, 0.15) is 33.5 Å². The number of carbonyl (C=O) groups is 1. The fourth-order valence-corrected chi connectivity index (χ4v) is 3.46. The van der Waals surface area contributed by atoms with Crippen molar-refractivity contribution in [1.29, 1.82) is 0 Å². The molecule has 3 aromatic heterocycles. The lowest BCUT2D eigenvalue weighted by Gasteiger charge is -2.14. The maximum Gasteiger partial charge on any atom is 0.407 e. The normalized spacial score (nSPS) is 12.5. The van der Waals surface area contributed by atoms with E-state index in [-0.39, 0.29) is 11.5 Å². The maximum absolute atomic E-state index is 11.4. The van der Waals surface area contributed by atoms with E-state index in [1.54, 1.807) is 6.20 Å². The molecule has 0 fully saturated rings. The number of carbonyl (C=O) groups excluding carboxylic acids is 1. The van der Waals surface area contributed by atoms with Gasteiger partial charge in [-0.1, -0.05) is 26.8 Å². The van der Waals surface area contributed by atoms with E-state index in [4.69, 9.17) is 9.97 Å². The van der Waals surface area contributed by atoms with Gasteiger partial charge in [0.05, 0.1) is 18.5 Å². The van der Waals surface area contributed by atoms with Crippen LogP contribution in [0.4, 0.5) is 10.7 Å². The zero-order chi connectivity index (χ0) is 23.6. The molecule has 0 bridgehead atoms. The van der Waals surface area contributed by atoms with E-state index in [1.807, 2.05) is 19.2 Å². The summed E-state index contributed by atoms with van der Waals surface area (Å²) in [6.07, 6.45) is 3.16. The van der Waals surface area contributed by atoms with Gasteiger partial charge in [0.15, 0.2) is 0 Å². The number of ether oxygens (including phenoxy) is 1. The number of rotatable bonds is 6. The first kappa shape index (κ1) is 22.3. The molecule has 0 aliphatic heterocycles. The molecule has 0 saturated heterocycles. The molecule has 1 aromatic carbocycles. The van der Waals surface area contributed by atoms with Gasteiger partial charge in [-0.2, -0.15) is 0 Å². The van der Waals surface area contributed by atoms with E-state index >= 15 is 0 Å². The van der Waals surface area contributed by atoms with E-state index in [0.717, 1.165) is 33.7 Å². The first-order valence-corrected chi connectivity index (χ1v) is 10.8. The van der Waals surface area contributed by atoms with Crippen molar-refractivity contribution in [2.75, 3.05) is 19.0 Å². The second-order valence-electron chi connectivity index (χ2n) is 9.02. The van der Waals surface area contributed by atoms with E-state index in [9.17, 15) is 4.79 Å². The first-order chi connectivity index (χ1) is 15.7. The number of nitrogens with one attached hydrogen (secondary N) is 4. The molecule has 33 heavy (non-hydrogen) atoms. The molecule has 0 spiro atoms. The highest BCUT2D eigenvalue weighted by Crippen LogP contribution is 2.34. The second kappa shape index (κ2) is 8.93. The molecule has 4 rings (SSSR count). The highest BCUT2D eigenvalue weighted by atomic mass is 16.5. The third kappa shape index (κ3) is 4.97. The van der Waals surface area contributed by atoms with Gasteiger partial charge in [0.25, 0.3) is 0 Å². The first-order valence-electron chi connectivity index (χ1n) is 10.8. The summed E-state index contributed by atoms with van der Waals surface area (Å²) in [5.41, 5.74) is 4.34. The van der Waals surface area contributed by atoms with Gasteiger partial charge in [-0.15, -0.1) is 0 Å². The topological polar surface area (TPSA) is 121 Å². The molecule has 4 N–H and O–H groups in total. The fourth-order valence-electron chi connectivity index (χ4n) is 3.46. The molecule has 1 atom stereocenters. The molecule has 9 nitrogen and oxygen atoms in total. The van der Waals surface area contributed by atoms with Gasteiger partial charge in [-0.05, 0) is 31.2 Å². The van der Waals surface area contributed by atoms with Crippen LogP contribution in [0.25, 0.3) is 33.5 Å². The molecule has 0 aliphatic carbocycles. The lowest BCUT2D eigenvalue weighted by Crippen LogP contribution is -2.37.